The van der Waals surface area contributed by atoms with Crippen LogP contribution in [-0.2, 0) is 14.4 Å². The Balaban J connectivity index is 2.29. The molecule has 17 heavy (non-hydrogen) atoms. The van der Waals surface area contributed by atoms with Crippen LogP contribution in [0.5, 0.6) is 0 Å². The van der Waals surface area contributed by atoms with Gasteiger partial charge in [-0.05, 0) is 5.57 Å². The van der Waals surface area contributed by atoms with E-state index in [0.29, 0.717) is 17.7 Å². The van der Waals surface area contributed by atoms with Gasteiger partial charge >= 0.3 is 5.97 Å². The summed E-state index contributed by atoms with van der Waals surface area (Å²) in [6.45, 7) is -0.392. The third-order valence-electron chi connectivity index (χ3n) is 2.69. The minimum Gasteiger partial charge on any atom is -0.477 e. The number of carbonyl (C=O) groups is 3. The Bertz CT molecular complexity index is 422. The number of β-lactam (4-membered cyclic amide) rings is 1. The van der Waals surface area contributed by atoms with Crippen LogP contribution in [0.3, 0.4) is 0 Å². The molecular weight excluding hydrogens is 248 g/mol. The normalized spacial score (nSPS) is 27.4. The summed E-state index contributed by atoms with van der Waals surface area (Å²) in [4.78, 5) is 34.2. The topological polar surface area (TPSA) is 107 Å². The number of nitrogens with one attached hydrogen (secondary N) is 1. The van der Waals surface area contributed by atoms with Crippen LogP contribution in [0.25, 0.3) is 0 Å². The summed E-state index contributed by atoms with van der Waals surface area (Å²) < 4.78 is 0. The summed E-state index contributed by atoms with van der Waals surface area (Å²) >= 11 is 1.32. The zero-order chi connectivity index (χ0) is 12.6. The number of amides is 2. The quantitative estimate of drug-likeness (QED) is 0.412. The smallest absolute Gasteiger partial charge is 0.352 e. The number of hydrogen-bond acceptors (Lipinski definition) is 5. The predicted octanol–water partition coefficient (Wildman–Crippen LogP) is -1.65. The Morgan fingerprint density at radius 3 is 2.88 bits per heavy atom. The molecule has 3 N–H and O–H groups in total. The number of aliphatic hydroxyl groups is 1. The Labute approximate surface area is 100 Å². The van der Waals surface area contributed by atoms with Gasteiger partial charge in [0, 0.05) is 5.75 Å². The number of carboxylic acid groups (broad SMARTS) is 1. The standard InChI is InChI=1S/C9H10N2O5S/c12-1-4-2-17-8-5(10-3-13)7(14)11(8)6(4)9(15)16/h3,5,8,12H,1-2H2,(H,10,13)(H,15,16)/t5-,8-/m1/s1. The molecule has 2 aliphatic heterocycles. The van der Waals surface area contributed by atoms with E-state index in [9.17, 15) is 14.4 Å². The summed E-state index contributed by atoms with van der Waals surface area (Å²) in [7, 11) is 0. The van der Waals surface area contributed by atoms with Crippen LogP contribution in [0.2, 0.25) is 0 Å². The van der Waals surface area contributed by atoms with Crippen molar-refractivity contribution in [2.45, 2.75) is 11.4 Å². The fraction of sp³-hybridized carbons (Fsp3) is 0.444. The van der Waals surface area contributed by atoms with E-state index in [0.717, 1.165) is 4.90 Å². The minimum absolute atomic E-state index is 0.162. The van der Waals surface area contributed by atoms with E-state index in [2.05, 4.69) is 5.32 Å². The average Bonchev–Trinajstić information content (AvgIpc) is 2.33. The van der Waals surface area contributed by atoms with Crippen LogP contribution in [0.1, 0.15) is 0 Å². The molecule has 2 aliphatic rings. The highest BCUT2D eigenvalue weighted by Gasteiger charge is 2.53. The zero-order valence-corrected chi connectivity index (χ0v) is 9.44. The summed E-state index contributed by atoms with van der Waals surface area (Å²) in [6.07, 6.45) is 0.423. The molecule has 2 atom stereocenters. The number of nitrogens with zero attached hydrogens (tertiary/aromatic N) is 1. The lowest BCUT2D eigenvalue weighted by atomic mass is 10.0. The maximum absolute atomic E-state index is 11.7. The van der Waals surface area contributed by atoms with Crippen LogP contribution in [0.4, 0.5) is 0 Å². The van der Waals surface area contributed by atoms with Gasteiger partial charge in [-0.1, -0.05) is 0 Å². The number of hydrogen-bond donors (Lipinski definition) is 3. The monoisotopic (exact) mass is 258 g/mol. The number of aliphatic hydroxyl groups excluding tert-OH is 1. The second kappa shape index (κ2) is 4.38. The van der Waals surface area contributed by atoms with Gasteiger partial charge in [0.2, 0.25) is 6.41 Å². The fourth-order valence-electron chi connectivity index (χ4n) is 1.90. The SMILES string of the molecule is O=CN[C@@H]1C(=O)N2C(C(=O)O)=C(CO)CS[C@H]12. The van der Waals surface area contributed by atoms with E-state index in [-0.39, 0.29) is 5.70 Å². The van der Waals surface area contributed by atoms with Crippen molar-refractivity contribution in [2.24, 2.45) is 0 Å². The summed E-state index contributed by atoms with van der Waals surface area (Å²) in [5.74, 6) is -1.36. The van der Waals surface area contributed by atoms with E-state index in [1.165, 1.54) is 11.8 Å². The van der Waals surface area contributed by atoms with Crippen molar-refractivity contribution in [3.8, 4) is 0 Å². The molecule has 1 saturated heterocycles. The van der Waals surface area contributed by atoms with Crippen molar-refractivity contribution in [1.29, 1.82) is 0 Å². The molecule has 0 aromatic carbocycles. The third-order valence-corrected chi connectivity index (χ3v) is 4.03. The highest BCUT2D eigenvalue weighted by atomic mass is 32.2. The summed E-state index contributed by atoms with van der Waals surface area (Å²) in [5, 5.41) is 20.0. The predicted molar refractivity (Wildman–Crippen MR) is 57.8 cm³/mol. The zero-order valence-electron chi connectivity index (χ0n) is 8.62. The number of rotatable bonds is 4. The van der Waals surface area contributed by atoms with Crippen LogP contribution >= 0.6 is 11.8 Å². The fourth-order valence-corrected chi connectivity index (χ4v) is 3.24. The van der Waals surface area contributed by atoms with E-state index in [4.69, 9.17) is 10.2 Å². The average molecular weight is 258 g/mol. The van der Waals surface area contributed by atoms with E-state index >= 15 is 0 Å². The Hall–Kier alpha value is -1.54. The van der Waals surface area contributed by atoms with Gasteiger partial charge in [-0.2, -0.15) is 0 Å². The van der Waals surface area contributed by atoms with Gasteiger partial charge in [-0.15, -0.1) is 11.8 Å². The van der Waals surface area contributed by atoms with Crippen molar-refractivity contribution in [3.63, 3.8) is 0 Å². The molecule has 0 aromatic rings. The molecule has 0 bridgehead atoms. The van der Waals surface area contributed by atoms with Gasteiger partial charge < -0.3 is 15.5 Å². The van der Waals surface area contributed by atoms with Gasteiger partial charge in [0.15, 0.2) is 0 Å². The number of thioether (sulfide) groups is 1. The molecule has 7 nitrogen and oxygen atoms in total. The molecule has 0 spiro atoms. The van der Waals surface area contributed by atoms with Crippen LogP contribution < -0.4 is 5.32 Å². The lowest BCUT2D eigenvalue weighted by Gasteiger charge is -2.48. The Kier molecular flexibility index (Phi) is 3.07. The maximum atomic E-state index is 11.7. The van der Waals surface area contributed by atoms with Crippen molar-refractivity contribution in [1.82, 2.24) is 10.2 Å². The first kappa shape index (κ1) is 11.9. The number of carboxylic acids is 1. The van der Waals surface area contributed by atoms with E-state index < -0.39 is 29.9 Å². The van der Waals surface area contributed by atoms with Crippen LogP contribution in [0, 0.1) is 0 Å². The molecule has 92 valence electrons. The molecule has 0 saturated carbocycles. The van der Waals surface area contributed by atoms with Gasteiger partial charge in [0.1, 0.15) is 17.1 Å². The van der Waals surface area contributed by atoms with Crippen LogP contribution in [0.15, 0.2) is 11.3 Å². The van der Waals surface area contributed by atoms with Gasteiger partial charge in [-0.25, -0.2) is 4.79 Å². The molecule has 0 aliphatic carbocycles. The first-order valence-corrected chi connectivity index (χ1v) is 5.87. The molecule has 1 fully saturated rings. The molecule has 0 unspecified atom stereocenters. The van der Waals surface area contributed by atoms with Gasteiger partial charge in [0.25, 0.3) is 5.91 Å². The Morgan fingerprint density at radius 2 is 2.35 bits per heavy atom. The van der Waals surface area contributed by atoms with Gasteiger partial charge in [0.05, 0.1) is 6.61 Å². The number of aliphatic carboxylic acids is 1. The first-order chi connectivity index (χ1) is 8.11. The van der Waals surface area contributed by atoms with E-state index in [1.807, 2.05) is 0 Å². The lowest BCUT2D eigenvalue weighted by molar-refractivity contribution is -0.149. The van der Waals surface area contributed by atoms with Gasteiger partial charge in [-0.3, -0.25) is 14.5 Å². The molecule has 2 rings (SSSR count). The highest BCUT2D eigenvalue weighted by molar-refractivity contribution is 8.00. The third kappa shape index (κ3) is 1.69. The second-order valence-corrected chi connectivity index (χ2v) is 4.69. The molecule has 8 heteroatoms. The largest absolute Gasteiger partial charge is 0.477 e. The summed E-state index contributed by atoms with van der Waals surface area (Å²) in [5.41, 5.74) is 0.154. The van der Waals surface area contributed by atoms with Crippen LogP contribution in [-0.4, -0.2) is 57.2 Å². The molecule has 2 amide bonds. The first-order valence-electron chi connectivity index (χ1n) is 4.82. The highest BCUT2D eigenvalue weighted by Crippen LogP contribution is 2.39. The molecular formula is C9H10N2O5S. The molecule has 0 aromatic heterocycles. The number of fused-ring (bicyclic) bond motifs is 1. The Morgan fingerprint density at radius 1 is 1.65 bits per heavy atom. The summed E-state index contributed by atoms with van der Waals surface area (Å²) in [6, 6.07) is -0.674. The maximum Gasteiger partial charge on any atom is 0.352 e. The van der Waals surface area contributed by atoms with Crippen molar-refractivity contribution in [3.05, 3.63) is 11.3 Å². The minimum atomic E-state index is -1.24. The van der Waals surface area contributed by atoms with E-state index in [1.54, 1.807) is 0 Å². The lowest BCUT2D eigenvalue weighted by Crippen LogP contribution is -2.69. The molecule has 2 heterocycles. The van der Waals surface area contributed by atoms with Crippen molar-refractivity contribution < 1.29 is 24.6 Å². The number of carbonyl (C=O) groups excluding carboxylic acids is 2. The van der Waals surface area contributed by atoms with Crippen molar-refractivity contribution >= 4 is 30.0 Å². The second-order valence-electron chi connectivity index (χ2n) is 3.59. The van der Waals surface area contributed by atoms with Crippen molar-refractivity contribution in [2.75, 3.05) is 12.4 Å². The molecule has 0 radical (unpaired) electrons.